The SMILES string of the molecule is CCc1cccc(/[C]=N\OCc2ccc(F)c(F)c2)c1. The number of halogens is 2. The molecule has 0 bridgehead atoms. The molecular formula is C16H14F2NO. The summed E-state index contributed by atoms with van der Waals surface area (Å²) in [6.07, 6.45) is 3.69. The summed E-state index contributed by atoms with van der Waals surface area (Å²) in [6, 6.07) is 11.4. The van der Waals surface area contributed by atoms with E-state index in [1.807, 2.05) is 24.3 Å². The summed E-state index contributed by atoms with van der Waals surface area (Å²) in [5.74, 6) is -1.77. The van der Waals surface area contributed by atoms with Gasteiger partial charge < -0.3 is 4.84 Å². The van der Waals surface area contributed by atoms with Crippen molar-refractivity contribution < 1.29 is 13.6 Å². The maximum atomic E-state index is 13.0. The fourth-order valence-electron chi connectivity index (χ4n) is 1.68. The van der Waals surface area contributed by atoms with Crippen molar-refractivity contribution in [3.8, 4) is 0 Å². The minimum absolute atomic E-state index is 0.0671. The molecule has 1 radical (unpaired) electrons. The highest BCUT2D eigenvalue weighted by Crippen LogP contribution is 2.10. The molecule has 103 valence electrons. The molecule has 20 heavy (non-hydrogen) atoms. The molecule has 0 aliphatic carbocycles. The topological polar surface area (TPSA) is 21.6 Å². The third-order valence-corrected chi connectivity index (χ3v) is 2.79. The summed E-state index contributed by atoms with van der Waals surface area (Å²) in [5.41, 5.74) is 2.51. The monoisotopic (exact) mass is 274 g/mol. The smallest absolute Gasteiger partial charge is 0.159 e. The molecule has 0 saturated heterocycles. The van der Waals surface area contributed by atoms with Crippen molar-refractivity contribution in [3.05, 3.63) is 70.8 Å². The Balaban J connectivity index is 1.91. The molecular weight excluding hydrogens is 260 g/mol. The Morgan fingerprint density at radius 3 is 2.65 bits per heavy atom. The van der Waals surface area contributed by atoms with E-state index in [4.69, 9.17) is 4.84 Å². The van der Waals surface area contributed by atoms with Crippen LogP contribution in [-0.4, -0.2) is 6.21 Å². The molecule has 2 rings (SSSR count). The number of aryl methyl sites for hydroxylation is 1. The molecule has 2 aromatic rings. The molecule has 0 N–H and O–H groups in total. The third-order valence-electron chi connectivity index (χ3n) is 2.79. The predicted octanol–water partition coefficient (Wildman–Crippen LogP) is 3.95. The van der Waals surface area contributed by atoms with E-state index in [2.05, 4.69) is 18.3 Å². The molecule has 0 spiro atoms. The van der Waals surface area contributed by atoms with E-state index < -0.39 is 11.6 Å². The second-order valence-corrected chi connectivity index (χ2v) is 4.28. The van der Waals surface area contributed by atoms with E-state index >= 15 is 0 Å². The first-order chi connectivity index (χ1) is 9.69. The lowest BCUT2D eigenvalue weighted by atomic mass is 10.1. The quantitative estimate of drug-likeness (QED) is 0.597. The second kappa shape index (κ2) is 6.80. The van der Waals surface area contributed by atoms with Gasteiger partial charge in [0.05, 0.1) is 0 Å². The van der Waals surface area contributed by atoms with Crippen molar-refractivity contribution in [2.45, 2.75) is 20.0 Å². The zero-order valence-electron chi connectivity index (χ0n) is 11.1. The van der Waals surface area contributed by atoms with Crippen LogP contribution in [0.25, 0.3) is 0 Å². The van der Waals surface area contributed by atoms with Crippen LogP contribution >= 0.6 is 0 Å². The summed E-state index contributed by atoms with van der Waals surface area (Å²) in [5, 5.41) is 3.70. The first-order valence-electron chi connectivity index (χ1n) is 6.30. The zero-order valence-corrected chi connectivity index (χ0v) is 11.1. The highest BCUT2D eigenvalue weighted by molar-refractivity contribution is 5.79. The molecule has 0 aliphatic heterocycles. The zero-order chi connectivity index (χ0) is 14.4. The van der Waals surface area contributed by atoms with E-state index in [1.54, 1.807) is 0 Å². The van der Waals surface area contributed by atoms with Gasteiger partial charge in [0.2, 0.25) is 0 Å². The van der Waals surface area contributed by atoms with Crippen molar-refractivity contribution >= 4 is 6.21 Å². The van der Waals surface area contributed by atoms with E-state index in [-0.39, 0.29) is 6.61 Å². The molecule has 2 aromatic carbocycles. The fraction of sp³-hybridized carbons (Fsp3) is 0.188. The van der Waals surface area contributed by atoms with Gasteiger partial charge in [0.15, 0.2) is 11.6 Å². The fourth-order valence-corrected chi connectivity index (χ4v) is 1.68. The van der Waals surface area contributed by atoms with Gasteiger partial charge in [-0.15, -0.1) is 0 Å². The van der Waals surface area contributed by atoms with Gasteiger partial charge in [-0.2, -0.15) is 0 Å². The molecule has 0 heterocycles. The van der Waals surface area contributed by atoms with Crippen LogP contribution in [0.5, 0.6) is 0 Å². The first kappa shape index (κ1) is 14.2. The van der Waals surface area contributed by atoms with Gasteiger partial charge in [-0.05, 0) is 35.7 Å². The van der Waals surface area contributed by atoms with E-state index in [0.29, 0.717) is 5.56 Å². The van der Waals surface area contributed by atoms with Gasteiger partial charge >= 0.3 is 0 Å². The van der Waals surface area contributed by atoms with Gasteiger partial charge in [0.1, 0.15) is 12.8 Å². The molecule has 0 atom stereocenters. The average molecular weight is 274 g/mol. The highest BCUT2D eigenvalue weighted by atomic mass is 19.2. The molecule has 0 aromatic heterocycles. The summed E-state index contributed by atoms with van der Waals surface area (Å²) >= 11 is 0. The average Bonchev–Trinajstić information content (AvgIpc) is 2.47. The van der Waals surface area contributed by atoms with Crippen molar-refractivity contribution in [3.63, 3.8) is 0 Å². The number of hydrogen-bond donors (Lipinski definition) is 0. The molecule has 0 amide bonds. The van der Waals surface area contributed by atoms with Crippen LogP contribution in [0.15, 0.2) is 47.6 Å². The molecule has 2 nitrogen and oxygen atoms in total. The van der Waals surface area contributed by atoms with Crippen LogP contribution in [0, 0.1) is 11.6 Å². The number of hydrogen-bond acceptors (Lipinski definition) is 2. The van der Waals surface area contributed by atoms with Gasteiger partial charge in [0.25, 0.3) is 0 Å². The second-order valence-electron chi connectivity index (χ2n) is 4.28. The first-order valence-corrected chi connectivity index (χ1v) is 6.30. The molecule has 0 unspecified atom stereocenters. The maximum Gasteiger partial charge on any atom is 0.159 e. The lowest BCUT2D eigenvalue weighted by molar-refractivity contribution is 0.132. The third kappa shape index (κ3) is 3.88. The Morgan fingerprint density at radius 2 is 1.90 bits per heavy atom. The van der Waals surface area contributed by atoms with Crippen molar-refractivity contribution in [1.82, 2.24) is 0 Å². The largest absolute Gasteiger partial charge is 0.390 e. The van der Waals surface area contributed by atoms with Gasteiger partial charge in [-0.3, -0.25) is 0 Å². The van der Waals surface area contributed by atoms with E-state index in [9.17, 15) is 8.78 Å². The van der Waals surface area contributed by atoms with E-state index in [0.717, 1.165) is 24.1 Å². The number of nitrogens with zero attached hydrogens (tertiary/aromatic N) is 1. The highest BCUT2D eigenvalue weighted by Gasteiger charge is 2.02. The Bertz CT molecular complexity index is 611. The van der Waals surface area contributed by atoms with Crippen LogP contribution < -0.4 is 0 Å². The Hall–Kier alpha value is -2.23. The lowest BCUT2D eigenvalue weighted by Gasteiger charge is -2.01. The van der Waals surface area contributed by atoms with E-state index in [1.165, 1.54) is 11.6 Å². The predicted molar refractivity (Wildman–Crippen MR) is 73.5 cm³/mol. The summed E-state index contributed by atoms with van der Waals surface area (Å²) in [6.45, 7) is 2.13. The number of rotatable bonds is 5. The van der Waals surface area contributed by atoms with Gasteiger partial charge in [-0.25, -0.2) is 8.78 Å². The normalized spacial score (nSPS) is 10.9. The van der Waals surface area contributed by atoms with Crippen LogP contribution in [-0.2, 0) is 17.9 Å². The minimum atomic E-state index is -0.894. The van der Waals surface area contributed by atoms with Crippen molar-refractivity contribution in [2.75, 3.05) is 0 Å². The summed E-state index contributed by atoms with van der Waals surface area (Å²) in [4.78, 5) is 5.02. The molecule has 0 aliphatic rings. The molecule has 0 saturated carbocycles. The molecule has 4 heteroatoms. The standard InChI is InChI=1S/C16H14F2NO/c1-2-12-4-3-5-13(8-12)10-19-20-11-14-6-7-15(17)16(18)9-14/h3-9H,2,11H2,1H3. The van der Waals surface area contributed by atoms with Gasteiger partial charge in [0, 0.05) is 5.56 Å². The summed E-state index contributed by atoms with van der Waals surface area (Å²) < 4.78 is 25.7. The maximum absolute atomic E-state index is 13.0. The van der Waals surface area contributed by atoms with Crippen LogP contribution in [0.3, 0.4) is 0 Å². The summed E-state index contributed by atoms with van der Waals surface area (Å²) in [7, 11) is 0. The Labute approximate surface area is 116 Å². The van der Waals surface area contributed by atoms with Crippen LogP contribution in [0.1, 0.15) is 23.6 Å². The van der Waals surface area contributed by atoms with Crippen molar-refractivity contribution in [2.24, 2.45) is 5.16 Å². The molecule has 0 fully saturated rings. The lowest BCUT2D eigenvalue weighted by Crippen LogP contribution is -1.92. The number of benzene rings is 2. The Morgan fingerprint density at radius 1 is 1.05 bits per heavy atom. The van der Waals surface area contributed by atoms with Crippen molar-refractivity contribution in [1.29, 1.82) is 0 Å². The van der Waals surface area contributed by atoms with Crippen LogP contribution in [0.2, 0.25) is 0 Å². The van der Waals surface area contributed by atoms with Crippen LogP contribution in [0.4, 0.5) is 8.78 Å². The minimum Gasteiger partial charge on any atom is -0.390 e. The Kier molecular flexibility index (Phi) is 4.82. The van der Waals surface area contributed by atoms with Gasteiger partial charge in [-0.1, -0.05) is 36.3 Å².